The van der Waals surface area contributed by atoms with Crippen LogP contribution in [0.5, 0.6) is 0 Å². The summed E-state index contributed by atoms with van der Waals surface area (Å²) in [4.78, 5) is 11.7. The molecular formula is C24H52O3Si2. The minimum atomic E-state index is -1.71. The summed E-state index contributed by atoms with van der Waals surface area (Å²) in [5.74, 6) is 0.00481. The Morgan fingerprint density at radius 1 is 0.655 bits per heavy atom. The Morgan fingerprint density at radius 2 is 1.10 bits per heavy atom. The minimum Gasteiger partial charge on any atom is -0.520 e. The third kappa shape index (κ3) is 22.4. The SMILES string of the molecule is CCCCCCCCC(CCCCCCCCC(=O)O[Si](C)(C)C)O[Si](C)(C)C. The molecule has 1 unspecified atom stereocenters. The van der Waals surface area contributed by atoms with Crippen molar-refractivity contribution in [3.8, 4) is 0 Å². The average Bonchev–Trinajstić information content (AvgIpc) is 2.57. The van der Waals surface area contributed by atoms with Gasteiger partial charge in [-0.3, -0.25) is 4.79 Å². The number of unbranched alkanes of at least 4 members (excludes halogenated alkanes) is 10. The highest BCUT2D eigenvalue weighted by Gasteiger charge is 2.21. The molecule has 0 aliphatic heterocycles. The highest BCUT2D eigenvalue weighted by molar-refractivity contribution is 6.71. The first-order valence-electron chi connectivity index (χ1n) is 12.4. The molecule has 0 aromatic heterocycles. The van der Waals surface area contributed by atoms with Gasteiger partial charge >= 0.3 is 0 Å². The number of hydrogen-bond donors (Lipinski definition) is 0. The zero-order chi connectivity index (χ0) is 22.2. The molecule has 0 saturated heterocycles. The van der Waals surface area contributed by atoms with Crippen LogP contribution in [-0.2, 0) is 13.6 Å². The van der Waals surface area contributed by atoms with Gasteiger partial charge in [0, 0.05) is 12.5 Å². The Morgan fingerprint density at radius 3 is 1.55 bits per heavy atom. The van der Waals surface area contributed by atoms with Crippen molar-refractivity contribution >= 4 is 22.6 Å². The summed E-state index contributed by atoms with van der Waals surface area (Å²) in [5.41, 5.74) is 0. The molecule has 0 radical (unpaired) electrons. The van der Waals surface area contributed by atoms with Crippen molar-refractivity contribution in [3.63, 3.8) is 0 Å². The van der Waals surface area contributed by atoms with Crippen LogP contribution in [0.2, 0.25) is 39.3 Å². The molecule has 5 heteroatoms. The first-order chi connectivity index (χ1) is 13.5. The molecule has 0 rings (SSSR count). The van der Waals surface area contributed by atoms with Crippen LogP contribution in [0, 0.1) is 0 Å². The molecule has 0 bridgehead atoms. The lowest BCUT2D eigenvalue weighted by Gasteiger charge is -2.26. The molecule has 0 saturated carbocycles. The van der Waals surface area contributed by atoms with Crippen molar-refractivity contribution in [1.82, 2.24) is 0 Å². The summed E-state index contributed by atoms with van der Waals surface area (Å²) in [6.07, 6.45) is 18.9. The van der Waals surface area contributed by atoms with Crippen LogP contribution in [0.25, 0.3) is 0 Å². The normalized spacial score (nSPS) is 13.5. The highest BCUT2D eigenvalue weighted by Crippen LogP contribution is 2.20. The molecule has 29 heavy (non-hydrogen) atoms. The second-order valence-electron chi connectivity index (χ2n) is 10.7. The standard InChI is InChI=1S/C24H52O3Si2/c1-8-9-10-11-14-17-20-23(26-28(2,3)4)21-18-15-12-13-16-19-22-24(25)27-29(5,6)7/h23H,8-22H2,1-7H3. The lowest BCUT2D eigenvalue weighted by Crippen LogP contribution is -2.32. The van der Waals surface area contributed by atoms with Crippen LogP contribution >= 0.6 is 0 Å². The fraction of sp³-hybridized carbons (Fsp3) is 0.958. The summed E-state index contributed by atoms with van der Waals surface area (Å²) >= 11 is 0. The smallest absolute Gasteiger partial charge is 0.292 e. The Kier molecular flexibility index (Phi) is 16.5. The molecule has 0 fully saturated rings. The van der Waals surface area contributed by atoms with Gasteiger partial charge in [0.25, 0.3) is 5.97 Å². The van der Waals surface area contributed by atoms with E-state index in [1.807, 2.05) is 0 Å². The maximum atomic E-state index is 11.7. The largest absolute Gasteiger partial charge is 0.520 e. The van der Waals surface area contributed by atoms with Crippen molar-refractivity contribution in [3.05, 3.63) is 0 Å². The number of rotatable bonds is 19. The van der Waals surface area contributed by atoms with E-state index < -0.39 is 16.6 Å². The van der Waals surface area contributed by atoms with Gasteiger partial charge in [-0.25, -0.2) is 0 Å². The number of carbonyl (C=O) groups excluding carboxylic acids is 1. The van der Waals surface area contributed by atoms with Crippen molar-refractivity contribution in [2.24, 2.45) is 0 Å². The van der Waals surface area contributed by atoms with E-state index in [4.69, 9.17) is 8.85 Å². The third-order valence-electron chi connectivity index (χ3n) is 4.98. The first kappa shape index (κ1) is 28.9. The van der Waals surface area contributed by atoms with Crippen LogP contribution in [0.15, 0.2) is 0 Å². The van der Waals surface area contributed by atoms with Crippen molar-refractivity contribution in [1.29, 1.82) is 0 Å². The molecule has 3 nitrogen and oxygen atoms in total. The second kappa shape index (κ2) is 16.5. The summed E-state index contributed by atoms with van der Waals surface area (Å²) in [5, 5.41) is 0. The van der Waals surface area contributed by atoms with Crippen LogP contribution in [0.4, 0.5) is 0 Å². The molecule has 0 aromatic rings. The Bertz CT molecular complexity index is 400. The van der Waals surface area contributed by atoms with Gasteiger partial charge in [0.2, 0.25) is 8.32 Å². The second-order valence-corrected chi connectivity index (χ2v) is 19.5. The van der Waals surface area contributed by atoms with E-state index in [9.17, 15) is 4.79 Å². The van der Waals surface area contributed by atoms with E-state index in [0.29, 0.717) is 12.5 Å². The zero-order valence-electron chi connectivity index (χ0n) is 20.9. The minimum absolute atomic E-state index is 0.00481. The Labute approximate surface area is 185 Å². The predicted octanol–water partition coefficient (Wildman–Crippen LogP) is 8.46. The number of carbonyl (C=O) groups is 1. The van der Waals surface area contributed by atoms with Gasteiger partial charge in [0.1, 0.15) is 0 Å². The zero-order valence-corrected chi connectivity index (χ0v) is 22.9. The third-order valence-corrected chi connectivity index (χ3v) is 6.86. The van der Waals surface area contributed by atoms with Gasteiger partial charge in [-0.1, -0.05) is 77.6 Å². The van der Waals surface area contributed by atoms with Crippen molar-refractivity contribution in [2.75, 3.05) is 0 Å². The summed E-state index contributed by atoms with van der Waals surface area (Å²) in [7, 11) is -3.17. The first-order valence-corrected chi connectivity index (χ1v) is 19.2. The van der Waals surface area contributed by atoms with Gasteiger partial charge in [0.05, 0.1) is 0 Å². The van der Waals surface area contributed by atoms with Crippen LogP contribution in [0.1, 0.15) is 103 Å². The van der Waals surface area contributed by atoms with Crippen molar-refractivity contribution < 1.29 is 13.6 Å². The van der Waals surface area contributed by atoms with Gasteiger partial charge in [-0.2, -0.15) is 0 Å². The highest BCUT2D eigenvalue weighted by atomic mass is 28.4. The van der Waals surface area contributed by atoms with Gasteiger partial charge in [-0.05, 0) is 58.5 Å². The topological polar surface area (TPSA) is 35.5 Å². The van der Waals surface area contributed by atoms with E-state index in [0.717, 1.165) is 12.8 Å². The average molecular weight is 445 g/mol. The maximum Gasteiger partial charge on any atom is 0.292 e. The van der Waals surface area contributed by atoms with Crippen LogP contribution < -0.4 is 0 Å². The molecule has 0 aromatic carbocycles. The van der Waals surface area contributed by atoms with Gasteiger partial charge < -0.3 is 8.85 Å². The summed E-state index contributed by atoms with van der Waals surface area (Å²) < 4.78 is 12.0. The number of hydrogen-bond acceptors (Lipinski definition) is 3. The molecular weight excluding hydrogens is 392 g/mol. The van der Waals surface area contributed by atoms with Gasteiger partial charge in [-0.15, -0.1) is 0 Å². The molecule has 0 spiro atoms. The lowest BCUT2D eigenvalue weighted by molar-refractivity contribution is -0.135. The van der Waals surface area contributed by atoms with E-state index in [2.05, 4.69) is 46.2 Å². The Hall–Kier alpha value is -0.136. The van der Waals surface area contributed by atoms with Crippen molar-refractivity contribution in [2.45, 2.75) is 149 Å². The van der Waals surface area contributed by atoms with E-state index in [1.165, 1.54) is 77.0 Å². The fourth-order valence-electron chi connectivity index (χ4n) is 3.66. The van der Waals surface area contributed by atoms with Crippen LogP contribution in [0.3, 0.4) is 0 Å². The van der Waals surface area contributed by atoms with Crippen LogP contribution in [-0.4, -0.2) is 28.7 Å². The predicted molar refractivity (Wildman–Crippen MR) is 133 cm³/mol. The van der Waals surface area contributed by atoms with E-state index >= 15 is 0 Å². The van der Waals surface area contributed by atoms with Gasteiger partial charge in [0.15, 0.2) is 8.32 Å². The molecule has 0 N–H and O–H groups in total. The summed E-state index contributed by atoms with van der Waals surface area (Å²) in [6, 6.07) is 0. The quantitative estimate of drug-likeness (QED) is 0.148. The molecule has 174 valence electrons. The maximum absolute atomic E-state index is 11.7. The van der Waals surface area contributed by atoms with E-state index in [1.54, 1.807) is 0 Å². The lowest BCUT2D eigenvalue weighted by atomic mass is 10.0. The monoisotopic (exact) mass is 444 g/mol. The molecule has 0 aliphatic rings. The summed E-state index contributed by atoms with van der Waals surface area (Å²) in [6.45, 7) is 15.4. The fourth-order valence-corrected chi connectivity index (χ4v) is 5.68. The molecule has 0 heterocycles. The molecule has 1 atom stereocenters. The Balaban J connectivity index is 3.82. The molecule has 0 aliphatic carbocycles. The van der Waals surface area contributed by atoms with E-state index in [-0.39, 0.29) is 5.97 Å². The molecule has 0 amide bonds.